The van der Waals surface area contributed by atoms with E-state index in [1.54, 1.807) is 29.5 Å². The zero-order valence-corrected chi connectivity index (χ0v) is 12.1. The molecule has 0 bridgehead atoms. The Bertz CT molecular complexity index is 708. The zero-order chi connectivity index (χ0) is 13.2. The quantitative estimate of drug-likeness (QED) is 0.788. The third kappa shape index (κ3) is 2.85. The van der Waals surface area contributed by atoms with Gasteiger partial charge in [-0.3, -0.25) is 0 Å². The van der Waals surface area contributed by atoms with E-state index in [-0.39, 0.29) is 5.75 Å². The van der Waals surface area contributed by atoms with Gasteiger partial charge in [0, 0.05) is 9.85 Å². The summed E-state index contributed by atoms with van der Waals surface area (Å²) in [5.41, 5.74) is 0.933. The predicted molar refractivity (Wildman–Crippen MR) is 76.2 cm³/mol. The Balaban J connectivity index is 1.82. The highest BCUT2D eigenvalue weighted by atomic mass is 79.9. The molecule has 19 heavy (non-hydrogen) atoms. The number of hydrogen-bond donors (Lipinski definition) is 1. The topological polar surface area (TPSA) is 59.2 Å². The smallest absolute Gasteiger partial charge is 0.231 e. The van der Waals surface area contributed by atoms with Crippen molar-refractivity contribution >= 4 is 27.3 Å². The number of nitrogens with zero attached hydrogens (tertiary/aromatic N) is 2. The molecule has 2 heterocycles. The summed E-state index contributed by atoms with van der Waals surface area (Å²) in [5.74, 6) is 1.36. The minimum atomic E-state index is 0.236. The lowest BCUT2D eigenvalue weighted by molar-refractivity contribution is 0.385. The standard InChI is InChI=1S/C13H9BrN2O2S/c14-9-6-11(19-7-9)13-15-12(18-16-13)5-8-2-1-3-10(17)4-8/h1-4,6-7,17H,5H2. The molecule has 0 saturated carbocycles. The Morgan fingerprint density at radius 1 is 1.32 bits per heavy atom. The van der Waals surface area contributed by atoms with Crippen LogP contribution in [-0.4, -0.2) is 15.2 Å². The summed E-state index contributed by atoms with van der Waals surface area (Å²) >= 11 is 4.95. The predicted octanol–water partition coefficient (Wildman–Crippen LogP) is 3.86. The van der Waals surface area contributed by atoms with Gasteiger partial charge in [0.15, 0.2) is 0 Å². The Hall–Kier alpha value is -1.66. The highest BCUT2D eigenvalue weighted by Gasteiger charge is 2.11. The molecule has 3 aromatic rings. The van der Waals surface area contributed by atoms with Gasteiger partial charge in [0.2, 0.25) is 11.7 Å². The lowest BCUT2D eigenvalue weighted by Crippen LogP contribution is -1.87. The Morgan fingerprint density at radius 2 is 2.21 bits per heavy atom. The second kappa shape index (κ2) is 5.14. The minimum Gasteiger partial charge on any atom is -0.508 e. The van der Waals surface area contributed by atoms with E-state index >= 15 is 0 Å². The number of rotatable bonds is 3. The number of halogens is 1. The van der Waals surface area contributed by atoms with Crippen LogP contribution in [0.2, 0.25) is 0 Å². The molecule has 0 aliphatic rings. The number of aromatic nitrogens is 2. The monoisotopic (exact) mass is 336 g/mol. The first-order valence-electron chi connectivity index (χ1n) is 5.55. The van der Waals surface area contributed by atoms with Crippen LogP contribution in [0.1, 0.15) is 11.5 Å². The van der Waals surface area contributed by atoms with Gasteiger partial charge in [-0.1, -0.05) is 17.3 Å². The summed E-state index contributed by atoms with van der Waals surface area (Å²) in [7, 11) is 0. The van der Waals surface area contributed by atoms with Crippen LogP contribution in [0.25, 0.3) is 10.7 Å². The fourth-order valence-corrected chi connectivity index (χ4v) is 3.05. The number of hydrogen-bond acceptors (Lipinski definition) is 5. The second-order valence-corrected chi connectivity index (χ2v) is 5.81. The zero-order valence-electron chi connectivity index (χ0n) is 9.71. The molecule has 0 atom stereocenters. The minimum absolute atomic E-state index is 0.236. The number of aromatic hydroxyl groups is 1. The third-order valence-corrected chi connectivity index (χ3v) is 4.21. The lowest BCUT2D eigenvalue weighted by Gasteiger charge is -1.96. The van der Waals surface area contributed by atoms with E-state index in [4.69, 9.17) is 4.52 Å². The molecule has 0 saturated heterocycles. The van der Waals surface area contributed by atoms with Crippen LogP contribution in [0.5, 0.6) is 5.75 Å². The van der Waals surface area contributed by atoms with E-state index in [1.165, 1.54) is 0 Å². The molecule has 6 heteroatoms. The van der Waals surface area contributed by atoms with E-state index in [2.05, 4.69) is 26.1 Å². The molecule has 4 nitrogen and oxygen atoms in total. The molecule has 0 amide bonds. The molecule has 0 radical (unpaired) electrons. The summed E-state index contributed by atoms with van der Waals surface area (Å²) in [6.45, 7) is 0. The first-order valence-corrected chi connectivity index (χ1v) is 7.23. The summed E-state index contributed by atoms with van der Waals surface area (Å²) in [4.78, 5) is 5.31. The van der Waals surface area contributed by atoms with Crippen molar-refractivity contribution < 1.29 is 9.63 Å². The first-order chi connectivity index (χ1) is 9.20. The van der Waals surface area contributed by atoms with Crippen LogP contribution in [0.15, 0.2) is 44.7 Å². The second-order valence-electron chi connectivity index (χ2n) is 3.99. The van der Waals surface area contributed by atoms with Crippen molar-refractivity contribution in [3.63, 3.8) is 0 Å². The van der Waals surface area contributed by atoms with Crippen LogP contribution < -0.4 is 0 Å². The van der Waals surface area contributed by atoms with Gasteiger partial charge in [-0.25, -0.2) is 0 Å². The molecule has 0 aliphatic carbocycles. The van der Waals surface area contributed by atoms with Gasteiger partial charge < -0.3 is 9.63 Å². The van der Waals surface area contributed by atoms with Crippen LogP contribution >= 0.6 is 27.3 Å². The van der Waals surface area contributed by atoms with E-state index in [0.29, 0.717) is 18.1 Å². The van der Waals surface area contributed by atoms with Crippen molar-refractivity contribution in [3.05, 3.63) is 51.6 Å². The van der Waals surface area contributed by atoms with E-state index in [1.807, 2.05) is 17.5 Å². The van der Waals surface area contributed by atoms with Gasteiger partial charge in [-0.2, -0.15) is 4.98 Å². The van der Waals surface area contributed by atoms with Crippen molar-refractivity contribution in [2.45, 2.75) is 6.42 Å². The summed E-state index contributed by atoms with van der Waals surface area (Å²) in [6.07, 6.45) is 0.508. The Morgan fingerprint density at radius 3 is 2.95 bits per heavy atom. The average Bonchev–Trinajstić information content (AvgIpc) is 2.98. The van der Waals surface area contributed by atoms with E-state index in [9.17, 15) is 5.11 Å². The van der Waals surface area contributed by atoms with Crippen LogP contribution in [0, 0.1) is 0 Å². The highest BCUT2D eigenvalue weighted by Crippen LogP contribution is 2.28. The van der Waals surface area contributed by atoms with E-state index in [0.717, 1.165) is 14.9 Å². The van der Waals surface area contributed by atoms with Crippen molar-refractivity contribution in [1.82, 2.24) is 10.1 Å². The van der Waals surface area contributed by atoms with Gasteiger partial charge in [-0.15, -0.1) is 11.3 Å². The van der Waals surface area contributed by atoms with Crippen LogP contribution in [-0.2, 0) is 6.42 Å². The van der Waals surface area contributed by atoms with Gasteiger partial charge >= 0.3 is 0 Å². The van der Waals surface area contributed by atoms with Gasteiger partial charge in [0.25, 0.3) is 0 Å². The molecule has 2 aromatic heterocycles. The third-order valence-electron chi connectivity index (χ3n) is 2.52. The Labute approximate surface area is 121 Å². The Kier molecular flexibility index (Phi) is 3.35. The van der Waals surface area contributed by atoms with Gasteiger partial charge in [0.1, 0.15) is 5.75 Å². The van der Waals surface area contributed by atoms with E-state index < -0.39 is 0 Å². The maximum Gasteiger partial charge on any atom is 0.231 e. The number of phenolic OH excluding ortho intramolecular Hbond substituents is 1. The number of thiophene rings is 1. The highest BCUT2D eigenvalue weighted by molar-refractivity contribution is 9.10. The fraction of sp³-hybridized carbons (Fsp3) is 0.0769. The lowest BCUT2D eigenvalue weighted by atomic mass is 10.1. The summed E-state index contributed by atoms with van der Waals surface area (Å²) in [6, 6.07) is 8.97. The molecule has 1 aromatic carbocycles. The molecule has 0 aliphatic heterocycles. The average molecular weight is 337 g/mol. The maximum atomic E-state index is 9.41. The first kappa shape index (κ1) is 12.4. The molecule has 0 spiro atoms. The molecule has 1 N–H and O–H groups in total. The van der Waals surface area contributed by atoms with Crippen molar-refractivity contribution in [1.29, 1.82) is 0 Å². The molecular weight excluding hydrogens is 328 g/mol. The van der Waals surface area contributed by atoms with Crippen molar-refractivity contribution in [3.8, 4) is 16.5 Å². The van der Waals surface area contributed by atoms with Crippen molar-refractivity contribution in [2.24, 2.45) is 0 Å². The molecule has 0 fully saturated rings. The SMILES string of the molecule is Oc1cccc(Cc2nc(-c3cc(Br)cs3)no2)c1. The van der Waals surface area contributed by atoms with Gasteiger partial charge in [0.05, 0.1) is 11.3 Å². The summed E-state index contributed by atoms with van der Waals surface area (Å²) in [5, 5.41) is 15.3. The van der Waals surface area contributed by atoms with Gasteiger partial charge in [-0.05, 0) is 39.7 Å². The largest absolute Gasteiger partial charge is 0.508 e. The molecule has 0 unspecified atom stereocenters. The summed E-state index contributed by atoms with van der Waals surface area (Å²) < 4.78 is 6.23. The maximum absolute atomic E-state index is 9.41. The fourth-order valence-electron chi connectivity index (χ4n) is 1.70. The van der Waals surface area contributed by atoms with Crippen molar-refractivity contribution in [2.75, 3.05) is 0 Å². The normalized spacial score (nSPS) is 10.8. The van der Waals surface area contributed by atoms with Crippen LogP contribution in [0.4, 0.5) is 0 Å². The molecular formula is C13H9BrN2O2S. The molecule has 96 valence electrons. The van der Waals surface area contributed by atoms with Crippen LogP contribution in [0.3, 0.4) is 0 Å². The molecule has 3 rings (SSSR count). The number of phenols is 1. The number of benzene rings is 1.